The summed E-state index contributed by atoms with van der Waals surface area (Å²) in [5.41, 5.74) is 4.15. The van der Waals surface area contributed by atoms with Crippen LogP contribution in [0, 0.1) is 26.2 Å². The van der Waals surface area contributed by atoms with Crippen LogP contribution in [0.25, 0.3) is 0 Å². The van der Waals surface area contributed by atoms with E-state index < -0.39 is 0 Å². The Labute approximate surface area is 156 Å². The quantitative estimate of drug-likeness (QED) is 0.903. The summed E-state index contributed by atoms with van der Waals surface area (Å²) in [4.78, 5) is 29.0. The van der Waals surface area contributed by atoms with Gasteiger partial charge in [0.15, 0.2) is 0 Å². The average Bonchev–Trinajstić information content (AvgIpc) is 2.61. The molecule has 0 radical (unpaired) electrons. The standard InChI is InChI=1S/C21H30N2O3/c1-15-11-17(3)18(12-16(15)2)20(26)23-8-4-6-21(14-23)7-5-19(25)22(13-21)9-10-24/h11-12,24H,4-10,13-14H2,1-3H3/t21-/m1/s1. The summed E-state index contributed by atoms with van der Waals surface area (Å²) >= 11 is 0. The molecule has 1 aromatic rings. The number of rotatable bonds is 3. The van der Waals surface area contributed by atoms with Gasteiger partial charge in [-0.15, -0.1) is 0 Å². The van der Waals surface area contributed by atoms with Crippen molar-refractivity contribution in [2.24, 2.45) is 5.41 Å². The highest BCUT2D eigenvalue weighted by Crippen LogP contribution is 2.39. The number of piperidine rings is 2. The number of aliphatic hydroxyl groups excluding tert-OH is 1. The summed E-state index contributed by atoms with van der Waals surface area (Å²) in [7, 11) is 0. The van der Waals surface area contributed by atoms with Crippen LogP contribution in [-0.2, 0) is 4.79 Å². The smallest absolute Gasteiger partial charge is 0.254 e. The zero-order valence-corrected chi connectivity index (χ0v) is 16.2. The first kappa shape index (κ1) is 18.9. The van der Waals surface area contributed by atoms with Crippen LogP contribution >= 0.6 is 0 Å². The molecule has 2 aliphatic heterocycles. The maximum Gasteiger partial charge on any atom is 0.254 e. The lowest BCUT2D eigenvalue weighted by Gasteiger charge is -2.48. The van der Waals surface area contributed by atoms with Gasteiger partial charge in [-0.1, -0.05) is 6.07 Å². The SMILES string of the molecule is Cc1cc(C)c(C(=O)N2CCC[C@]3(CCC(=O)N(CCO)C3)C2)cc1C. The molecule has 0 aliphatic carbocycles. The molecule has 3 rings (SSSR count). The monoisotopic (exact) mass is 358 g/mol. The Morgan fingerprint density at radius 2 is 1.85 bits per heavy atom. The predicted octanol–water partition coefficient (Wildman–Crippen LogP) is 2.45. The summed E-state index contributed by atoms with van der Waals surface area (Å²) in [6, 6.07) is 4.10. The molecule has 5 nitrogen and oxygen atoms in total. The molecule has 2 fully saturated rings. The number of hydrogen-bond donors (Lipinski definition) is 1. The van der Waals surface area contributed by atoms with E-state index in [0.717, 1.165) is 42.5 Å². The first-order valence-electron chi connectivity index (χ1n) is 9.61. The topological polar surface area (TPSA) is 60.9 Å². The number of benzene rings is 1. The fourth-order valence-electron chi connectivity index (χ4n) is 4.50. The van der Waals surface area contributed by atoms with Crippen LogP contribution in [0.5, 0.6) is 0 Å². The number of hydrogen-bond acceptors (Lipinski definition) is 3. The van der Waals surface area contributed by atoms with Crippen molar-refractivity contribution in [2.45, 2.75) is 46.5 Å². The van der Waals surface area contributed by atoms with E-state index in [9.17, 15) is 14.7 Å². The van der Waals surface area contributed by atoms with Crippen LogP contribution in [0.15, 0.2) is 12.1 Å². The zero-order valence-electron chi connectivity index (χ0n) is 16.2. The molecule has 142 valence electrons. The number of β-amino-alcohol motifs (C(OH)–C–C–N with tert-alkyl or cyclic N) is 1. The molecule has 1 aromatic carbocycles. The fraction of sp³-hybridized carbons (Fsp3) is 0.619. The van der Waals surface area contributed by atoms with E-state index in [1.807, 2.05) is 24.8 Å². The lowest BCUT2D eigenvalue weighted by atomic mass is 9.73. The van der Waals surface area contributed by atoms with Crippen LogP contribution in [0.4, 0.5) is 0 Å². The molecular weight excluding hydrogens is 328 g/mol. The molecule has 2 amide bonds. The molecule has 1 N–H and O–H groups in total. The van der Waals surface area contributed by atoms with Gasteiger partial charge >= 0.3 is 0 Å². The molecule has 2 saturated heterocycles. The molecular formula is C21H30N2O3. The van der Waals surface area contributed by atoms with Crippen molar-refractivity contribution in [2.75, 3.05) is 32.8 Å². The normalized spacial score (nSPS) is 23.6. The molecule has 0 bridgehead atoms. The van der Waals surface area contributed by atoms with Crippen LogP contribution in [0.1, 0.15) is 52.7 Å². The number of aliphatic hydroxyl groups is 1. The second-order valence-corrected chi connectivity index (χ2v) is 8.12. The molecule has 26 heavy (non-hydrogen) atoms. The minimum Gasteiger partial charge on any atom is -0.395 e. The van der Waals surface area contributed by atoms with Crippen molar-refractivity contribution in [1.29, 1.82) is 0 Å². The third-order valence-electron chi connectivity index (χ3n) is 6.14. The lowest BCUT2D eigenvalue weighted by molar-refractivity contribution is -0.139. The Kier molecular flexibility index (Phi) is 5.37. The number of carbonyl (C=O) groups is 2. The Balaban J connectivity index is 1.79. The number of carbonyl (C=O) groups excluding carboxylic acids is 2. The van der Waals surface area contributed by atoms with Crippen molar-refractivity contribution in [3.8, 4) is 0 Å². The second kappa shape index (κ2) is 7.39. The maximum atomic E-state index is 13.2. The Hall–Kier alpha value is -1.88. The van der Waals surface area contributed by atoms with Crippen molar-refractivity contribution in [3.05, 3.63) is 34.4 Å². The van der Waals surface area contributed by atoms with Crippen LogP contribution in [-0.4, -0.2) is 59.5 Å². The Morgan fingerprint density at radius 3 is 2.58 bits per heavy atom. The highest BCUT2D eigenvalue weighted by molar-refractivity contribution is 5.96. The van der Waals surface area contributed by atoms with Gasteiger partial charge in [-0.3, -0.25) is 9.59 Å². The van der Waals surface area contributed by atoms with E-state index in [1.165, 1.54) is 5.56 Å². The maximum absolute atomic E-state index is 13.2. The van der Waals surface area contributed by atoms with E-state index in [0.29, 0.717) is 26.1 Å². The lowest BCUT2D eigenvalue weighted by Crippen LogP contribution is -2.55. The van der Waals surface area contributed by atoms with Gasteiger partial charge in [0.1, 0.15) is 0 Å². The van der Waals surface area contributed by atoms with Gasteiger partial charge in [-0.05, 0) is 62.8 Å². The third-order valence-corrected chi connectivity index (χ3v) is 6.14. The Bertz CT molecular complexity index is 715. The van der Waals surface area contributed by atoms with Crippen molar-refractivity contribution >= 4 is 11.8 Å². The van der Waals surface area contributed by atoms with Crippen LogP contribution < -0.4 is 0 Å². The number of amides is 2. The van der Waals surface area contributed by atoms with Crippen LogP contribution in [0.3, 0.4) is 0 Å². The van der Waals surface area contributed by atoms with Crippen molar-refractivity contribution in [1.82, 2.24) is 9.80 Å². The number of nitrogens with zero attached hydrogens (tertiary/aromatic N) is 2. The minimum absolute atomic E-state index is 0.00764. The number of likely N-dealkylation sites (tertiary alicyclic amines) is 2. The number of aryl methyl sites for hydroxylation is 3. The van der Waals surface area contributed by atoms with Gasteiger partial charge < -0.3 is 14.9 Å². The van der Waals surface area contributed by atoms with Gasteiger partial charge in [0.2, 0.25) is 5.91 Å². The Morgan fingerprint density at radius 1 is 1.12 bits per heavy atom. The van der Waals surface area contributed by atoms with Gasteiger partial charge in [0.25, 0.3) is 5.91 Å². The highest BCUT2D eigenvalue weighted by atomic mass is 16.3. The van der Waals surface area contributed by atoms with Gasteiger partial charge in [-0.25, -0.2) is 0 Å². The molecule has 0 unspecified atom stereocenters. The summed E-state index contributed by atoms with van der Waals surface area (Å²) in [6.07, 6.45) is 3.36. The van der Waals surface area contributed by atoms with E-state index in [4.69, 9.17) is 0 Å². The van der Waals surface area contributed by atoms with E-state index in [1.54, 1.807) is 4.90 Å². The molecule has 0 saturated carbocycles. The average molecular weight is 358 g/mol. The predicted molar refractivity (Wildman–Crippen MR) is 101 cm³/mol. The van der Waals surface area contributed by atoms with Crippen LogP contribution in [0.2, 0.25) is 0 Å². The first-order valence-corrected chi connectivity index (χ1v) is 9.61. The molecule has 0 aromatic heterocycles. The zero-order chi connectivity index (χ0) is 18.9. The summed E-state index contributed by atoms with van der Waals surface area (Å²) in [5, 5.41) is 9.23. The van der Waals surface area contributed by atoms with Gasteiger partial charge in [-0.2, -0.15) is 0 Å². The highest BCUT2D eigenvalue weighted by Gasteiger charge is 2.42. The third kappa shape index (κ3) is 3.63. The fourth-order valence-corrected chi connectivity index (χ4v) is 4.50. The molecule has 2 heterocycles. The van der Waals surface area contributed by atoms with Crippen molar-refractivity contribution < 1.29 is 14.7 Å². The largest absolute Gasteiger partial charge is 0.395 e. The van der Waals surface area contributed by atoms with Gasteiger partial charge in [0, 0.05) is 43.6 Å². The molecule has 5 heteroatoms. The first-order chi connectivity index (χ1) is 12.3. The summed E-state index contributed by atoms with van der Waals surface area (Å²) < 4.78 is 0. The second-order valence-electron chi connectivity index (χ2n) is 8.12. The summed E-state index contributed by atoms with van der Waals surface area (Å²) in [5.74, 6) is 0.230. The van der Waals surface area contributed by atoms with E-state index in [2.05, 4.69) is 13.0 Å². The minimum atomic E-state index is -0.0232. The van der Waals surface area contributed by atoms with E-state index in [-0.39, 0.29) is 23.8 Å². The summed E-state index contributed by atoms with van der Waals surface area (Å²) in [6.45, 7) is 8.64. The van der Waals surface area contributed by atoms with Gasteiger partial charge in [0.05, 0.1) is 6.61 Å². The molecule has 2 aliphatic rings. The van der Waals surface area contributed by atoms with E-state index >= 15 is 0 Å². The van der Waals surface area contributed by atoms with Crippen molar-refractivity contribution in [3.63, 3.8) is 0 Å². The molecule has 1 spiro atoms. The molecule has 1 atom stereocenters.